The summed E-state index contributed by atoms with van der Waals surface area (Å²) >= 11 is 5.97. The molecule has 0 aromatic heterocycles. The van der Waals surface area contributed by atoms with E-state index in [1.165, 1.54) is 0 Å². The summed E-state index contributed by atoms with van der Waals surface area (Å²) in [6.45, 7) is 0.736. The third kappa shape index (κ3) is 6.09. The van der Waals surface area contributed by atoms with Crippen LogP contribution in [-0.4, -0.2) is 44.7 Å². The molecule has 0 spiro atoms. The zero-order valence-electron chi connectivity index (χ0n) is 12.5. The Labute approximate surface area is 136 Å². The maximum Gasteiger partial charge on any atom is 0.225 e. The van der Waals surface area contributed by atoms with Gasteiger partial charge in [0, 0.05) is 37.8 Å². The van der Waals surface area contributed by atoms with Crippen molar-refractivity contribution in [1.29, 1.82) is 0 Å². The minimum atomic E-state index is -0.258. The van der Waals surface area contributed by atoms with Crippen LogP contribution in [0.2, 0.25) is 5.02 Å². The fourth-order valence-corrected chi connectivity index (χ4v) is 2.02. The molecule has 0 heterocycles. The largest absolute Gasteiger partial charge is 0.496 e. The van der Waals surface area contributed by atoms with Crippen LogP contribution in [0, 0.1) is 0 Å². The topological polar surface area (TPSA) is 64.8 Å². The van der Waals surface area contributed by atoms with Crippen molar-refractivity contribution in [3.8, 4) is 5.75 Å². The molecule has 1 aromatic rings. The van der Waals surface area contributed by atoms with Crippen LogP contribution < -0.4 is 10.5 Å². The maximum absolute atomic E-state index is 12.1. The molecule has 0 fully saturated rings. The second-order valence-corrected chi connectivity index (χ2v) is 4.94. The molecular weight excluding hydrogens is 315 g/mol. The fourth-order valence-electron chi connectivity index (χ4n) is 1.83. The highest BCUT2D eigenvalue weighted by molar-refractivity contribution is 6.30. The van der Waals surface area contributed by atoms with E-state index in [1.54, 1.807) is 44.4 Å². The number of ether oxygens (including phenoxy) is 2. The van der Waals surface area contributed by atoms with Gasteiger partial charge in [-0.05, 0) is 18.2 Å². The first-order valence-corrected chi connectivity index (χ1v) is 6.68. The van der Waals surface area contributed by atoms with E-state index in [2.05, 4.69) is 0 Å². The van der Waals surface area contributed by atoms with Crippen LogP contribution in [0.5, 0.6) is 5.75 Å². The molecule has 120 valence electrons. The van der Waals surface area contributed by atoms with Crippen molar-refractivity contribution in [2.24, 2.45) is 5.73 Å². The van der Waals surface area contributed by atoms with Crippen LogP contribution in [-0.2, 0) is 16.1 Å². The van der Waals surface area contributed by atoms with Gasteiger partial charge in [0.2, 0.25) is 5.91 Å². The average molecular weight is 337 g/mol. The van der Waals surface area contributed by atoms with E-state index in [0.717, 1.165) is 5.56 Å². The van der Waals surface area contributed by atoms with Crippen LogP contribution in [0.3, 0.4) is 0 Å². The molecule has 2 N–H and O–H groups in total. The first kappa shape index (κ1) is 20.0. The van der Waals surface area contributed by atoms with Gasteiger partial charge in [-0.15, -0.1) is 12.4 Å². The zero-order chi connectivity index (χ0) is 15.1. The standard InChI is InChI=1S/C14H21ClN2O3.ClH/c1-17(14(18)7-12(8-16)19-2)9-10-6-11(15)4-5-13(10)20-3;/h4-6,12H,7-9,16H2,1-3H3;1H. The Hall–Kier alpha value is -1.01. The molecule has 1 atom stereocenters. The van der Waals surface area contributed by atoms with Crippen LogP contribution in [0.1, 0.15) is 12.0 Å². The van der Waals surface area contributed by atoms with Gasteiger partial charge in [0.05, 0.1) is 19.6 Å². The second kappa shape index (κ2) is 9.84. The molecule has 0 aliphatic carbocycles. The van der Waals surface area contributed by atoms with Crippen LogP contribution in [0.15, 0.2) is 18.2 Å². The number of nitrogens with two attached hydrogens (primary N) is 1. The van der Waals surface area contributed by atoms with Crippen molar-refractivity contribution >= 4 is 29.9 Å². The van der Waals surface area contributed by atoms with Gasteiger partial charge in [-0.2, -0.15) is 0 Å². The van der Waals surface area contributed by atoms with Gasteiger partial charge in [0.25, 0.3) is 0 Å². The van der Waals surface area contributed by atoms with E-state index in [0.29, 0.717) is 23.9 Å². The van der Waals surface area contributed by atoms with Gasteiger partial charge < -0.3 is 20.1 Å². The van der Waals surface area contributed by atoms with Crippen molar-refractivity contribution in [3.05, 3.63) is 28.8 Å². The Morgan fingerprint density at radius 1 is 1.43 bits per heavy atom. The minimum absolute atomic E-state index is 0. The van der Waals surface area contributed by atoms with Crippen LogP contribution >= 0.6 is 24.0 Å². The maximum atomic E-state index is 12.1. The molecule has 1 aromatic carbocycles. The molecule has 0 aliphatic rings. The molecule has 5 nitrogen and oxygen atoms in total. The van der Waals surface area contributed by atoms with Crippen molar-refractivity contribution in [1.82, 2.24) is 4.90 Å². The third-order valence-corrected chi connectivity index (χ3v) is 3.31. The summed E-state index contributed by atoms with van der Waals surface area (Å²) in [4.78, 5) is 13.7. The molecule has 7 heteroatoms. The number of nitrogens with zero attached hydrogens (tertiary/aromatic N) is 1. The number of rotatable bonds is 7. The summed E-state index contributed by atoms with van der Waals surface area (Å²) in [5.74, 6) is 0.667. The molecule has 0 radical (unpaired) electrons. The average Bonchev–Trinajstić information content (AvgIpc) is 2.44. The van der Waals surface area contributed by atoms with Crippen molar-refractivity contribution < 1.29 is 14.3 Å². The monoisotopic (exact) mass is 336 g/mol. The summed E-state index contributed by atoms with van der Waals surface area (Å²) < 4.78 is 10.4. The second-order valence-electron chi connectivity index (χ2n) is 4.50. The number of carbonyl (C=O) groups is 1. The lowest BCUT2D eigenvalue weighted by molar-refractivity contribution is -0.132. The summed E-state index contributed by atoms with van der Waals surface area (Å²) in [5, 5.41) is 0.610. The molecule has 1 rings (SSSR count). The fraction of sp³-hybridized carbons (Fsp3) is 0.500. The highest BCUT2D eigenvalue weighted by atomic mass is 35.5. The van der Waals surface area contributed by atoms with Gasteiger partial charge in [0.15, 0.2) is 0 Å². The summed E-state index contributed by atoms with van der Waals surface area (Å²) in [6, 6.07) is 5.33. The number of hydrogen-bond donors (Lipinski definition) is 1. The number of methoxy groups -OCH3 is 2. The first-order chi connectivity index (χ1) is 9.51. The van der Waals surface area contributed by atoms with E-state index in [9.17, 15) is 4.79 Å². The van der Waals surface area contributed by atoms with Gasteiger partial charge in [0.1, 0.15) is 5.75 Å². The van der Waals surface area contributed by atoms with E-state index >= 15 is 0 Å². The smallest absolute Gasteiger partial charge is 0.225 e. The molecule has 0 bridgehead atoms. The number of carbonyl (C=O) groups excluding carboxylic acids is 1. The van der Waals surface area contributed by atoms with E-state index < -0.39 is 0 Å². The van der Waals surface area contributed by atoms with E-state index in [-0.39, 0.29) is 30.8 Å². The number of halogens is 2. The Bertz CT molecular complexity index is 454. The first-order valence-electron chi connectivity index (χ1n) is 6.31. The Morgan fingerprint density at radius 2 is 2.10 bits per heavy atom. The SMILES string of the molecule is COc1ccc(Cl)cc1CN(C)C(=O)CC(CN)OC.Cl. The molecular formula is C14H22Cl2N2O3. The van der Waals surface area contributed by atoms with Crippen molar-refractivity contribution in [2.45, 2.75) is 19.1 Å². The molecule has 0 saturated carbocycles. The van der Waals surface area contributed by atoms with Gasteiger partial charge >= 0.3 is 0 Å². The predicted molar refractivity (Wildman–Crippen MR) is 86.2 cm³/mol. The Kier molecular flexibility index (Phi) is 9.37. The normalized spacial score (nSPS) is 11.5. The molecule has 1 unspecified atom stereocenters. The summed E-state index contributed by atoms with van der Waals surface area (Å²) in [6.07, 6.45) is -0.00181. The highest BCUT2D eigenvalue weighted by Gasteiger charge is 2.17. The Morgan fingerprint density at radius 3 is 2.62 bits per heavy atom. The van der Waals surface area contributed by atoms with Gasteiger partial charge in [-0.25, -0.2) is 0 Å². The quantitative estimate of drug-likeness (QED) is 0.828. The number of amides is 1. The van der Waals surface area contributed by atoms with Gasteiger partial charge in [-0.3, -0.25) is 4.79 Å². The molecule has 0 aliphatic heterocycles. The van der Waals surface area contributed by atoms with Gasteiger partial charge in [-0.1, -0.05) is 11.6 Å². The lowest BCUT2D eigenvalue weighted by Gasteiger charge is -2.21. The highest BCUT2D eigenvalue weighted by Crippen LogP contribution is 2.23. The Balaban J connectivity index is 0.00000400. The molecule has 1 amide bonds. The van der Waals surface area contributed by atoms with Crippen molar-refractivity contribution in [3.63, 3.8) is 0 Å². The number of hydrogen-bond acceptors (Lipinski definition) is 4. The molecule has 0 saturated heterocycles. The minimum Gasteiger partial charge on any atom is -0.496 e. The molecule has 21 heavy (non-hydrogen) atoms. The lowest BCUT2D eigenvalue weighted by Crippen LogP contribution is -2.33. The number of benzene rings is 1. The van der Waals surface area contributed by atoms with Crippen LogP contribution in [0.4, 0.5) is 0 Å². The predicted octanol–water partition coefficient (Wildman–Crippen LogP) is 2.09. The summed E-state index contributed by atoms with van der Waals surface area (Å²) in [7, 11) is 4.86. The van der Waals surface area contributed by atoms with E-state index in [4.69, 9.17) is 26.8 Å². The summed E-state index contributed by atoms with van der Waals surface area (Å²) in [5.41, 5.74) is 6.38. The zero-order valence-corrected chi connectivity index (χ0v) is 14.0. The van der Waals surface area contributed by atoms with Crippen LogP contribution in [0.25, 0.3) is 0 Å². The van der Waals surface area contributed by atoms with E-state index in [1.807, 2.05) is 0 Å². The van der Waals surface area contributed by atoms with Crippen molar-refractivity contribution in [2.75, 3.05) is 27.8 Å². The third-order valence-electron chi connectivity index (χ3n) is 3.07. The lowest BCUT2D eigenvalue weighted by atomic mass is 10.1.